The lowest BCUT2D eigenvalue weighted by molar-refractivity contribution is -0.126. The second kappa shape index (κ2) is 8.26. The van der Waals surface area contributed by atoms with E-state index in [1.807, 2.05) is 20.8 Å². The second-order valence-electron chi connectivity index (χ2n) is 7.36. The highest BCUT2D eigenvalue weighted by atomic mass is 32.2. The first-order valence-electron chi connectivity index (χ1n) is 9.00. The lowest BCUT2D eigenvalue weighted by atomic mass is 9.94. The Morgan fingerprint density at radius 2 is 1.75 bits per heavy atom. The smallest absolute Gasteiger partial charge is 0.370 e. The summed E-state index contributed by atoms with van der Waals surface area (Å²) in [5.41, 5.74) is -5.73. The van der Waals surface area contributed by atoms with Crippen LogP contribution >= 0.6 is 0 Å². The minimum absolute atomic E-state index is 0.00819. The first-order chi connectivity index (χ1) is 12.8. The molecule has 1 saturated heterocycles. The molecule has 1 amide bonds. The molecule has 1 atom stereocenters. The molecule has 5 nitrogen and oxygen atoms in total. The van der Waals surface area contributed by atoms with Gasteiger partial charge in [-0.25, -0.2) is 12.8 Å². The molecule has 2 rings (SSSR count). The summed E-state index contributed by atoms with van der Waals surface area (Å²) in [6.45, 7) is 6.24. The van der Waals surface area contributed by atoms with Gasteiger partial charge in [0.2, 0.25) is 5.91 Å². The van der Waals surface area contributed by atoms with Crippen molar-refractivity contribution >= 4 is 21.4 Å². The van der Waals surface area contributed by atoms with E-state index in [0.29, 0.717) is 18.9 Å². The van der Waals surface area contributed by atoms with E-state index in [1.54, 1.807) is 0 Å². The molecule has 0 aliphatic carbocycles. The second-order valence-corrected chi connectivity index (χ2v) is 9.27. The Morgan fingerprint density at radius 3 is 2.25 bits per heavy atom. The molecule has 0 spiro atoms. The van der Waals surface area contributed by atoms with Crippen LogP contribution < -0.4 is 10.2 Å². The number of hydrogen-bond acceptors (Lipinski definition) is 4. The van der Waals surface area contributed by atoms with Gasteiger partial charge in [-0.05, 0) is 43.9 Å². The number of anilines is 1. The van der Waals surface area contributed by atoms with Gasteiger partial charge in [-0.3, -0.25) is 4.79 Å². The molecule has 1 unspecified atom stereocenters. The van der Waals surface area contributed by atoms with Gasteiger partial charge >= 0.3 is 5.51 Å². The Labute approximate surface area is 162 Å². The third-order valence-electron chi connectivity index (χ3n) is 5.09. The molecule has 158 valence electrons. The number of nitrogens with one attached hydrogen (secondary N) is 1. The molecule has 1 N–H and O–H groups in total. The lowest BCUT2D eigenvalue weighted by Crippen LogP contribution is -2.44. The molecule has 1 aliphatic heterocycles. The van der Waals surface area contributed by atoms with E-state index in [4.69, 9.17) is 0 Å². The molecular weight excluding hydrogens is 400 g/mol. The monoisotopic (exact) mass is 424 g/mol. The number of sulfone groups is 1. The van der Waals surface area contributed by atoms with Gasteiger partial charge in [0.15, 0.2) is 0 Å². The van der Waals surface area contributed by atoms with Crippen molar-refractivity contribution in [2.24, 2.45) is 11.8 Å². The van der Waals surface area contributed by atoms with Crippen molar-refractivity contribution in [1.29, 1.82) is 0 Å². The third kappa shape index (κ3) is 4.76. The highest BCUT2D eigenvalue weighted by Gasteiger charge is 2.48. The number of benzene rings is 1. The molecule has 0 saturated carbocycles. The van der Waals surface area contributed by atoms with Gasteiger partial charge in [0.1, 0.15) is 10.7 Å². The van der Waals surface area contributed by atoms with Crippen molar-refractivity contribution in [3.05, 3.63) is 24.0 Å². The maximum absolute atomic E-state index is 13.5. The Bertz CT molecular complexity index is 817. The first kappa shape index (κ1) is 22.4. The third-order valence-corrected chi connectivity index (χ3v) is 6.61. The van der Waals surface area contributed by atoms with Crippen LogP contribution in [0.25, 0.3) is 0 Å². The SMILES string of the molecule is CC(C)C(C)NC(=O)C1CCN(c2ccc(F)cc2S(=O)(=O)C(F)(F)F)CC1. The topological polar surface area (TPSA) is 66.5 Å². The Kier molecular flexibility index (Phi) is 6.62. The molecule has 0 aromatic heterocycles. The summed E-state index contributed by atoms with van der Waals surface area (Å²) >= 11 is 0. The van der Waals surface area contributed by atoms with E-state index in [1.165, 1.54) is 4.90 Å². The molecule has 1 aliphatic rings. The quantitative estimate of drug-likeness (QED) is 0.735. The maximum atomic E-state index is 13.5. The summed E-state index contributed by atoms with van der Waals surface area (Å²) in [5, 5.41) is 2.91. The Balaban J connectivity index is 2.18. The van der Waals surface area contributed by atoms with Crippen LogP contribution in [0.5, 0.6) is 0 Å². The molecular formula is C18H24F4N2O3S. The number of carbonyl (C=O) groups is 1. The van der Waals surface area contributed by atoms with Crippen LogP contribution in [0.4, 0.5) is 23.2 Å². The number of alkyl halides is 3. The van der Waals surface area contributed by atoms with Crippen molar-refractivity contribution in [2.75, 3.05) is 18.0 Å². The van der Waals surface area contributed by atoms with Gasteiger partial charge in [-0.15, -0.1) is 0 Å². The Morgan fingerprint density at radius 1 is 1.18 bits per heavy atom. The van der Waals surface area contributed by atoms with Gasteiger partial charge in [-0.1, -0.05) is 13.8 Å². The van der Waals surface area contributed by atoms with E-state index in [0.717, 1.165) is 12.1 Å². The lowest BCUT2D eigenvalue weighted by Gasteiger charge is -2.34. The number of halogens is 4. The Hall–Kier alpha value is -1.84. The van der Waals surface area contributed by atoms with Crippen molar-refractivity contribution < 1.29 is 30.8 Å². The molecule has 28 heavy (non-hydrogen) atoms. The summed E-state index contributed by atoms with van der Waals surface area (Å²) in [6, 6.07) is 2.34. The zero-order chi connectivity index (χ0) is 21.3. The predicted molar refractivity (Wildman–Crippen MR) is 97.0 cm³/mol. The predicted octanol–water partition coefficient (Wildman–Crippen LogP) is 3.50. The van der Waals surface area contributed by atoms with Gasteiger partial charge < -0.3 is 10.2 Å². The molecule has 0 bridgehead atoms. The van der Waals surface area contributed by atoms with E-state index >= 15 is 0 Å². The molecule has 0 radical (unpaired) electrons. The fourth-order valence-electron chi connectivity index (χ4n) is 2.98. The van der Waals surface area contributed by atoms with Crippen molar-refractivity contribution in [3.8, 4) is 0 Å². The molecule has 1 aromatic rings. The highest BCUT2D eigenvalue weighted by Crippen LogP contribution is 2.37. The number of nitrogens with zero attached hydrogens (tertiary/aromatic N) is 1. The van der Waals surface area contributed by atoms with Crippen LogP contribution in [-0.4, -0.2) is 39.0 Å². The average molecular weight is 424 g/mol. The number of piperidine rings is 1. The average Bonchev–Trinajstić information content (AvgIpc) is 2.60. The summed E-state index contributed by atoms with van der Waals surface area (Å²) in [5.74, 6) is -1.23. The largest absolute Gasteiger partial charge is 0.501 e. The number of carbonyl (C=O) groups excluding carboxylic acids is 1. The van der Waals surface area contributed by atoms with Gasteiger partial charge in [0.05, 0.1) is 5.69 Å². The molecule has 1 fully saturated rings. The summed E-state index contributed by atoms with van der Waals surface area (Å²) < 4.78 is 76.1. The summed E-state index contributed by atoms with van der Waals surface area (Å²) in [4.78, 5) is 12.7. The van der Waals surface area contributed by atoms with Gasteiger partial charge in [0, 0.05) is 25.0 Å². The minimum Gasteiger partial charge on any atom is -0.370 e. The standard InChI is InChI=1S/C18H24F4N2O3S/c1-11(2)12(3)23-17(25)13-6-8-24(9-7-13)15-5-4-14(19)10-16(15)28(26,27)18(20,21)22/h4-5,10-13H,6-9H2,1-3H3,(H,23,25). The van der Waals surface area contributed by atoms with E-state index in [9.17, 15) is 30.8 Å². The van der Waals surface area contributed by atoms with Gasteiger partial charge in [0.25, 0.3) is 9.84 Å². The van der Waals surface area contributed by atoms with Crippen LogP contribution in [0.1, 0.15) is 33.6 Å². The van der Waals surface area contributed by atoms with Crippen LogP contribution in [0.15, 0.2) is 23.1 Å². The normalized spacial score (nSPS) is 17.6. The van der Waals surface area contributed by atoms with Gasteiger partial charge in [-0.2, -0.15) is 13.2 Å². The van der Waals surface area contributed by atoms with Crippen LogP contribution in [-0.2, 0) is 14.6 Å². The zero-order valence-corrected chi connectivity index (χ0v) is 16.7. The number of hydrogen-bond donors (Lipinski definition) is 1. The first-order valence-corrected chi connectivity index (χ1v) is 10.5. The highest BCUT2D eigenvalue weighted by molar-refractivity contribution is 7.92. The summed E-state index contributed by atoms with van der Waals surface area (Å²) in [7, 11) is -5.70. The molecule has 1 aromatic carbocycles. The minimum atomic E-state index is -5.70. The number of amides is 1. The number of rotatable bonds is 5. The zero-order valence-electron chi connectivity index (χ0n) is 15.9. The summed E-state index contributed by atoms with van der Waals surface area (Å²) in [6.07, 6.45) is 0.721. The van der Waals surface area contributed by atoms with Crippen LogP contribution in [0, 0.1) is 17.7 Å². The van der Waals surface area contributed by atoms with Crippen molar-refractivity contribution in [1.82, 2.24) is 5.32 Å². The van der Waals surface area contributed by atoms with E-state index in [2.05, 4.69) is 5.32 Å². The van der Waals surface area contributed by atoms with E-state index in [-0.39, 0.29) is 42.6 Å². The maximum Gasteiger partial charge on any atom is 0.501 e. The van der Waals surface area contributed by atoms with Crippen LogP contribution in [0.2, 0.25) is 0 Å². The van der Waals surface area contributed by atoms with E-state index < -0.39 is 26.1 Å². The fourth-order valence-corrected chi connectivity index (χ4v) is 3.97. The molecule has 10 heteroatoms. The van der Waals surface area contributed by atoms with Crippen molar-refractivity contribution in [3.63, 3.8) is 0 Å². The molecule has 1 heterocycles. The van der Waals surface area contributed by atoms with Crippen LogP contribution in [0.3, 0.4) is 0 Å². The fraction of sp³-hybridized carbons (Fsp3) is 0.611. The van der Waals surface area contributed by atoms with Crippen molar-refractivity contribution in [2.45, 2.75) is 50.1 Å².